The molecule has 1 aliphatic heterocycles. The van der Waals surface area contributed by atoms with Gasteiger partial charge in [0.2, 0.25) is 0 Å². The summed E-state index contributed by atoms with van der Waals surface area (Å²) in [6, 6.07) is 0. The zero-order chi connectivity index (χ0) is 8.65. The van der Waals surface area contributed by atoms with Crippen molar-refractivity contribution in [3.05, 3.63) is 0 Å². The van der Waals surface area contributed by atoms with Crippen LogP contribution in [0.2, 0.25) is 0 Å². The van der Waals surface area contributed by atoms with Crippen LogP contribution in [-0.2, 0) is 4.74 Å². The Bertz CT molecular complexity index is 92.0. The number of aliphatic hydroxyl groups excluding tert-OH is 1. The van der Waals surface area contributed by atoms with E-state index in [2.05, 4.69) is 0 Å². The van der Waals surface area contributed by atoms with Gasteiger partial charge in [-0.1, -0.05) is 32.1 Å². The third-order valence-electron chi connectivity index (χ3n) is 2.41. The highest BCUT2D eigenvalue weighted by molar-refractivity contribution is 4.51. The molecule has 72 valence electrons. The van der Waals surface area contributed by atoms with Crippen molar-refractivity contribution in [1.82, 2.24) is 0 Å². The quantitative estimate of drug-likeness (QED) is 0.608. The Morgan fingerprint density at radius 1 is 0.833 bits per heavy atom. The van der Waals surface area contributed by atoms with Crippen molar-refractivity contribution < 1.29 is 9.84 Å². The molecule has 1 heterocycles. The van der Waals surface area contributed by atoms with E-state index in [1.807, 2.05) is 0 Å². The van der Waals surface area contributed by atoms with E-state index in [1.165, 1.54) is 32.1 Å². The van der Waals surface area contributed by atoms with E-state index in [1.54, 1.807) is 0 Å². The van der Waals surface area contributed by atoms with E-state index in [-0.39, 0.29) is 0 Å². The smallest absolute Gasteiger partial charge is 0.154 e. The molecule has 2 heteroatoms. The maximum Gasteiger partial charge on any atom is 0.154 e. The maximum absolute atomic E-state index is 9.30. The zero-order valence-electron chi connectivity index (χ0n) is 7.80. The minimum absolute atomic E-state index is 0.497. The van der Waals surface area contributed by atoms with Crippen molar-refractivity contribution in [2.45, 2.75) is 57.7 Å². The van der Waals surface area contributed by atoms with Gasteiger partial charge in [0.25, 0.3) is 0 Å². The SMILES string of the molecule is OC1CCCCCCCCCO1. The predicted octanol–water partition coefficient (Wildman–Crippen LogP) is 2.46. The first-order valence-corrected chi connectivity index (χ1v) is 5.19. The van der Waals surface area contributed by atoms with Crippen LogP contribution in [0.3, 0.4) is 0 Å². The van der Waals surface area contributed by atoms with E-state index in [0.29, 0.717) is 0 Å². The molecule has 12 heavy (non-hydrogen) atoms. The number of aliphatic hydroxyl groups is 1. The summed E-state index contributed by atoms with van der Waals surface area (Å²) >= 11 is 0. The van der Waals surface area contributed by atoms with Crippen LogP contribution in [-0.4, -0.2) is 18.0 Å². The topological polar surface area (TPSA) is 29.5 Å². The van der Waals surface area contributed by atoms with Crippen LogP contribution in [0.5, 0.6) is 0 Å². The molecule has 0 bridgehead atoms. The summed E-state index contributed by atoms with van der Waals surface area (Å²) in [5, 5.41) is 9.30. The average Bonchev–Trinajstić information content (AvgIpc) is 2.11. The molecule has 0 aliphatic carbocycles. The van der Waals surface area contributed by atoms with Gasteiger partial charge in [-0.05, 0) is 19.3 Å². The standard InChI is InChI=1S/C10H20O2/c11-10-8-6-4-2-1-3-5-7-9-12-10/h10-11H,1-9H2. The van der Waals surface area contributed by atoms with Crippen molar-refractivity contribution in [3.8, 4) is 0 Å². The van der Waals surface area contributed by atoms with Gasteiger partial charge in [-0.2, -0.15) is 0 Å². The molecule has 0 aromatic rings. The van der Waals surface area contributed by atoms with Crippen molar-refractivity contribution in [2.75, 3.05) is 6.61 Å². The first-order chi connectivity index (χ1) is 5.89. The normalized spacial score (nSPS) is 29.2. The highest BCUT2D eigenvalue weighted by Crippen LogP contribution is 2.12. The Kier molecular flexibility index (Phi) is 5.37. The predicted molar refractivity (Wildman–Crippen MR) is 48.9 cm³/mol. The molecule has 1 aliphatic rings. The second-order valence-electron chi connectivity index (χ2n) is 3.59. The van der Waals surface area contributed by atoms with E-state index >= 15 is 0 Å². The van der Waals surface area contributed by atoms with Gasteiger partial charge in [0.1, 0.15) is 0 Å². The third kappa shape index (κ3) is 4.73. The molecular weight excluding hydrogens is 152 g/mol. The van der Waals surface area contributed by atoms with Crippen LogP contribution in [0, 0.1) is 0 Å². The number of hydrogen-bond donors (Lipinski definition) is 1. The van der Waals surface area contributed by atoms with Crippen LogP contribution >= 0.6 is 0 Å². The van der Waals surface area contributed by atoms with Gasteiger partial charge in [-0.25, -0.2) is 0 Å². The molecule has 0 amide bonds. The first kappa shape index (κ1) is 10.0. The second-order valence-corrected chi connectivity index (χ2v) is 3.59. The molecule has 1 unspecified atom stereocenters. The molecule has 0 radical (unpaired) electrons. The van der Waals surface area contributed by atoms with Gasteiger partial charge in [0.05, 0.1) is 0 Å². The summed E-state index contributed by atoms with van der Waals surface area (Å²) in [4.78, 5) is 0. The summed E-state index contributed by atoms with van der Waals surface area (Å²) in [7, 11) is 0. The third-order valence-corrected chi connectivity index (χ3v) is 2.41. The van der Waals surface area contributed by atoms with Crippen molar-refractivity contribution >= 4 is 0 Å². The number of hydrogen-bond acceptors (Lipinski definition) is 2. The minimum atomic E-state index is -0.497. The van der Waals surface area contributed by atoms with Crippen LogP contribution in [0.25, 0.3) is 0 Å². The first-order valence-electron chi connectivity index (χ1n) is 5.19. The molecule has 1 N–H and O–H groups in total. The van der Waals surface area contributed by atoms with Gasteiger partial charge in [-0.15, -0.1) is 0 Å². The molecule has 1 fully saturated rings. The van der Waals surface area contributed by atoms with Crippen LogP contribution in [0.4, 0.5) is 0 Å². The maximum atomic E-state index is 9.30. The lowest BCUT2D eigenvalue weighted by Gasteiger charge is -2.10. The summed E-state index contributed by atoms with van der Waals surface area (Å²) < 4.78 is 5.23. The van der Waals surface area contributed by atoms with Gasteiger partial charge < -0.3 is 9.84 Å². The van der Waals surface area contributed by atoms with E-state index in [0.717, 1.165) is 25.9 Å². The fraction of sp³-hybridized carbons (Fsp3) is 1.00. The summed E-state index contributed by atoms with van der Waals surface area (Å²) in [6.45, 7) is 0.737. The van der Waals surface area contributed by atoms with Gasteiger partial charge in [0.15, 0.2) is 6.29 Å². The monoisotopic (exact) mass is 172 g/mol. The highest BCUT2D eigenvalue weighted by atomic mass is 16.6. The molecule has 0 spiro atoms. The molecule has 0 saturated carbocycles. The van der Waals surface area contributed by atoms with Gasteiger partial charge >= 0.3 is 0 Å². The summed E-state index contributed by atoms with van der Waals surface area (Å²) in [5.74, 6) is 0. The average molecular weight is 172 g/mol. The molecule has 2 nitrogen and oxygen atoms in total. The lowest BCUT2D eigenvalue weighted by Crippen LogP contribution is -2.12. The van der Waals surface area contributed by atoms with E-state index in [4.69, 9.17) is 4.74 Å². The zero-order valence-corrected chi connectivity index (χ0v) is 7.80. The summed E-state index contributed by atoms with van der Waals surface area (Å²) in [5.41, 5.74) is 0. The molecule has 1 saturated heterocycles. The van der Waals surface area contributed by atoms with Crippen molar-refractivity contribution in [3.63, 3.8) is 0 Å². The summed E-state index contributed by atoms with van der Waals surface area (Å²) in [6.07, 6.45) is 9.07. The molecule has 0 aromatic heterocycles. The molecule has 1 rings (SSSR count). The molecule has 0 aromatic carbocycles. The number of rotatable bonds is 0. The fourth-order valence-corrected chi connectivity index (χ4v) is 1.61. The van der Waals surface area contributed by atoms with Gasteiger partial charge in [-0.3, -0.25) is 0 Å². The Labute approximate surface area is 74.9 Å². The lowest BCUT2D eigenvalue weighted by molar-refractivity contribution is -0.104. The second kappa shape index (κ2) is 6.44. The Hall–Kier alpha value is -0.0800. The largest absolute Gasteiger partial charge is 0.368 e. The minimum Gasteiger partial charge on any atom is -0.368 e. The molecule has 1 atom stereocenters. The number of ether oxygens (including phenoxy) is 1. The van der Waals surface area contributed by atoms with Crippen LogP contribution in [0.1, 0.15) is 51.4 Å². The van der Waals surface area contributed by atoms with Crippen LogP contribution in [0.15, 0.2) is 0 Å². The molecular formula is C10H20O2. The van der Waals surface area contributed by atoms with Crippen molar-refractivity contribution in [2.24, 2.45) is 0 Å². The van der Waals surface area contributed by atoms with Crippen molar-refractivity contribution in [1.29, 1.82) is 0 Å². The Balaban J connectivity index is 2.13. The lowest BCUT2D eigenvalue weighted by atomic mass is 10.1. The Morgan fingerprint density at radius 2 is 1.42 bits per heavy atom. The Morgan fingerprint density at radius 3 is 2.17 bits per heavy atom. The van der Waals surface area contributed by atoms with E-state index in [9.17, 15) is 5.11 Å². The van der Waals surface area contributed by atoms with E-state index < -0.39 is 6.29 Å². The highest BCUT2D eigenvalue weighted by Gasteiger charge is 2.04. The van der Waals surface area contributed by atoms with Crippen LogP contribution < -0.4 is 0 Å². The van der Waals surface area contributed by atoms with Gasteiger partial charge in [0, 0.05) is 6.61 Å². The fourth-order valence-electron chi connectivity index (χ4n) is 1.61.